The maximum absolute atomic E-state index is 3.63. The first-order valence-corrected chi connectivity index (χ1v) is 8.28. The number of piperidine rings is 1. The maximum atomic E-state index is 3.63. The summed E-state index contributed by atoms with van der Waals surface area (Å²) in [5.74, 6) is 0. The molecule has 1 unspecified atom stereocenters. The van der Waals surface area contributed by atoms with Crippen molar-refractivity contribution in [2.75, 3.05) is 26.2 Å². The van der Waals surface area contributed by atoms with Crippen molar-refractivity contribution in [1.29, 1.82) is 0 Å². The molecule has 0 aromatic rings. The highest BCUT2D eigenvalue weighted by molar-refractivity contribution is 4.86. The van der Waals surface area contributed by atoms with Crippen molar-refractivity contribution in [2.24, 2.45) is 10.8 Å². The van der Waals surface area contributed by atoms with Gasteiger partial charge in [-0.1, -0.05) is 48.0 Å². The molecule has 2 heteroatoms. The first-order valence-electron chi connectivity index (χ1n) is 8.28. The van der Waals surface area contributed by atoms with Crippen LogP contribution in [0.3, 0.4) is 0 Å². The summed E-state index contributed by atoms with van der Waals surface area (Å²) in [6, 6.07) is 0.593. The summed E-state index contributed by atoms with van der Waals surface area (Å²) in [6.07, 6.45) is 5.34. The van der Waals surface area contributed by atoms with Crippen LogP contribution in [-0.2, 0) is 0 Å². The fourth-order valence-electron chi connectivity index (χ4n) is 2.89. The van der Waals surface area contributed by atoms with Crippen LogP contribution in [0.4, 0.5) is 0 Å². The fourth-order valence-corrected chi connectivity index (χ4v) is 2.89. The molecule has 0 saturated carbocycles. The predicted octanol–water partition coefficient (Wildman–Crippen LogP) is 3.91. The Morgan fingerprint density at radius 3 is 2.21 bits per heavy atom. The average molecular weight is 268 g/mol. The third-order valence-corrected chi connectivity index (χ3v) is 5.31. The molecule has 0 spiro atoms. The highest BCUT2D eigenvalue weighted by Gasteiger charge is 2.32. The van der Waals surface area contributed by atoms with Crippen LogP contribution in [0.15, 0.2) is 0 Å². The molecule has 114 valence electrons. The lowest BCUT2D eigenvalue weighted by molar-refractivity contribution is 0.0746. The van der Waals surface area contributed by atoms with Crippen LogP contribution in [0.25, 0.3) is 0 Å². The quantitative estimate of drug-likeness (QED) is 0.753. The van der Waals surface area contributed by atoms with Crippen molar-refractivity contribution < 1.29 is 0 Å². The van der Waals surface area contributed by atoms with Gasteiger partial charge in [-0.3, -0.25) is 0 Å². The van der Waals surface area contributed by atoms with Crippen molar-refractivity contribution in [1.82, 2.24) is 10.2 Å². The summed E-state index contributed by atoms with van der Waals surface area (Å²) in [5, 5.41) is 3.63. The first-order chi connectivity index (χ1) is 8.82. The molecule has 0 radical (unpaired) electrons. The molecule has 1 N–H and O–H groups in total. The number of likely N-dealkylation sites (tertiary alicyclic amines) is 1. The number of nitrogens with zero attached hydrogens (tertiary/aromatic N) is 1. The molecular weight excluding hydrogens is 232 g/mol. The van der Waals surface area contributed by atoms with Crippen LogP contribution in [-0.4, -0.2) is 37.1 Å². The SMILES string of the molecule is CCC1(C)CCN(CC(C)(CC)CNC(C)C)CC1. The smallest absolute Gasteiger partial charge is 0.00474 e. The topological polar surface area (TPSA) is 15.3 Å². The molecule has 0 aliphatic carbocycles. The predicted molar refractivity (Wildman–Crippen MR) is 85.6 cm³/mol. The van der Waals surface area contributed by atoms with Crippen LogP contribution in [0.2, 0.25) is 0 Å². The minimum atomic E-state index is 0.421. The molecule has 0 amide bonds. The van der Waals surface area contributed by atoms with E-state index in [4.69, 9.17) is 0 Å². The van der Waals surface area contributed by atoms with E-state index in [-0.39, 0.29) is 0 Å². The zero-order valence-corrected chi connectivity index (χ0v) is 14.2. The first kappa shape index (κ1) is 17.0. The van der Waals surface area contributed by atoms with Crippen molar-refractivity contribution in [3.8, 4) is 0 Å². The van der Waals surface area contributed by atoms with Gasteiger partial charge in [0, 0.05) is 19.1 Å². The third-order valence-electron chi connectivity index (χ3n) is 5.31. The summed E-state index contributed by atoms with van der Waals surface area (Å²) in [5.41, 5.74) is 1.03. The van der Waals surface area contributed by atoms with E-state index in [0.29, 0.717) is 16.9 Å². The molecule has 2 nitrogen and oxygen atoms in total. The minimum absolute atomic E-state index is 0.421. The molecule has 0 bridgehead atoms. The number of hydrogen-bond donors (Lipinski definition) is 1. The number of hydrogen-bond acceptors (Lipinski definition) is 2. The lowest BCUT2D eigenvalue weighted by Crippen LogP contribution is -2.47. The van der Waals surface area contributed by atoms with Crippen LogP contribution in [0.5, 0.6) is 0 Å². The maximum Gasteiger partial charge on any atom is 0.00474 e. The Labute approximate surface area is 121 Å². The van der Waals surface area contributed by atoms with Crippen molar-refractivity contribution in [2.45, 2.75) is 73.3 Å². The zero-order valence-electron chi connectivity index (χ0n) is 14.2. The Bertz CT molecular complexity index is 254. The Hall–Kier alpha value is -0.0800. The Balaban J connectivity index is 2.44. The second-order valence-corrected chi connectivity index (χ2v) is 7.64. The van der Waals surface area contributed by atoms with E-state index >= 15 is 0 Å². The second kappa shape index (κ2) is 7.08. The number of rotatable bonds is 7. The van der Waals surface area contributed by atoms with Gasteiger partial charge in [0.1, 0.15) is 0 Å². The van der Waals surface area contributed by atoms with E-state index in [0.717, 1.165) is 6.54 Å². The van der Waals surface area contributed by atoms with Crippen molar-refractivity contribution >= 4 is 0 Å². The molecular formula is C17H36N2. The molecule has 19 heavy (non-hydrogen) atoms. The lowest BCUT2D eigenvalue weighted by Gasteiger charge is -2.43. The standard InChI is InChI=1S/C17H36N2/c1-7-16(5)9-11-19(12-10-16)14-17(6,8-2)13-18-15(3)4/h15,18H,7-14H2,1-6H3. The molecule has 1 heterocycles. The molecule has 0 aromatic heterocycles. The summed E-state index contributed by atoms with van der Waals surface area (Å²) < 4.78 is 0. The lowest BCUT2D eigenvalue weighted by atomic mass is 9.77. The third kappa shape index (κ3) is 5.43. The van der Waals surface area contributed by atoms with Gasteiger partial charge in [-0.2, -0.15) is 0 Å². The van der Waals surface area contributed by atoms with Gasteiger partial charge in [-0.25, -0.2) is 0 Å². The van der Waals surface area contributed by atoms with Gasteiger partial charge in [0.15, 0.2) is 0 Å². The summed E-state index contributed by atoms with van der Waals surface area (Å²) >= 11 is 0. The van der Waals surface area contributed by atoms with Crippen LogP contribution in [0.1, 0.15) is 67.2 Å². The minimum Gasteiger partial charge on any atom is -0.314 e. The molecule has 0 aromatic carbocycles. The van der Waals surface area contributed by atoms with Crippen molar-refractivity contribution in [3.63, 3.8) is 0 Å². The van der Waals surface area contributed by atoms with Crippen LogP contribution >= 0.6 is 0 Å². The van der Waals surface area contributed by atoms with Gasteiger partial charge in [-0.15, -0.1) is 0 Å². The molecule has 1 aliphatic rings. The van der Waals surface area contributed by atoms with Crippen LogP contribution in [0, 0.1) is 10.8 Å². The van der Waals surface area contributed by atoms with Gasteiger partial charge < -0.3 is 10.2 Å². The molecule has 1 atom stereocenters. The highest BCUT2D eigenvalue weighted by Crippen LogP contribution is 2.35. The monoisotopic (exact) mass is 268 g/mol. The molecule has 1 saturated heterocycles. The summed E-state index contributed by atoms with van der Waals surface area (Å²) in [7, 11) is 0. The van der Waals surface area contributed by atoms with E-state index in [1.165, 1.54) is 45.3 Å². The van der Waals surface area contributed by atoms with Crippen molar-refractivity contribution in [3.05, 3.63) is 0 Å². The fraction of sp³-hybridized carbons (Fsp3) is 1.00. The van der Waals surface area contributed by atoms with E-state index in [1.54, 1.807) is 0 Å². The number of nitrogens with one attached hydrogen (secondary N) is 1. The largest absolute Gasteiger partial charge is 0.314 e. The van der Waals surface area contributed by atoms with Gasteiger partial charge in [0.05, 0.1) is 0 Å². The molecule has 1 fully saturated rings. The Morgan fingerprint density at radius 1 is 1.21 bits per heavy atom. The van der Waals surface area contributed by atoms with Crippen LogP contribution < -0.4 is 5.32 Å². The Morgan fingerprint density at radius 2 is 1.79 bits per heavy atom. The van der Waals surface area contributed by atoms with Gasteiger partial charge in [0.25, 0.3) is 0 Å². The summed E-state index contributed by atoms with van der Waals surface area (Å²) in [6.45, 7) is 19.0. The van der Waals surface area contributed by atoms with Gasteiger partial charge in [0.2, 0.25) is 0 Å². The van der Waals surface area contributed by atoms with E-state index in [1.807, 2.05) is 0 Å². The molecule has 1 aliphatic heterocycles. The second-order valence-electron chi connectivity index (χ2n) is 7.64. The molecule has 1 rings (SSSR count). The highest BCUT2D eigenvalue weighted by atomic mass is 15.1. The van der Waals surface area contributed by atoms with E-state index in [9.17, 15) is 0 Å². The average Bonchev–Trinajstić information content (AvgIpc) is 2.39. The Kier molecular flexibility index (Phi) is 6.32. The zero-order chi connectivity index (χ0) is 14.5. The summed E-state index contributed by atoms with van der Waals surface area (Å²) in [4.78, 5) is 2.70. The van der Waals surface area contributed by atoms with E-state index in [2.05, 4.69) is 51.8 Å². The van der Waals surface area contributed by atoms with E-state index < -0.39 is 0 Å². The van der Waals surface area contributed by atoms with Gasteiger partial charge in [-0.05, 0) is 43.2 Å². The van der Waals surface area contributed by atoms with Gasteiger partial charge >= 0.3 is 0 Å². The normalized spacial score (nSPS) is 23.5.